The molecule has 1 aromatic carbocycles. The van der Waals surface area contributed by atoms with Gasteiger partial charge in [-0.25, -0.2) is 0 Å². The van der Waals surface area contributed by atoms with Crippen LogP contribution in [-0.2, 0) is 11.2 Å². The van der Waals surface area contributed by atoms with Gasteiger partial charge in [-0.15, -0.1) is 10.2 Å². The highest BCUT2D eigenvalue weighted by Crippen LogP contribution is 2.18. The number of amides is 1. The van der Waals surface area contributed by atoms with Gasteiger partial charge in [-0.1, -0.05) is 18.2 Å². The maximum absolute atomic E-state index is 12.3. The Labute approximate surface area is 140 Å². The van der Waals surface area contributed by atoms with Gasteiger partial charge in [0.05, 0.1) is 6.42 Å². The lowest BCUT2D eigenvalue weighted by Gasteiger charge is -2.18. The van der Waals surface area contributed by atoms with E-state index in [4.69, 9.17) is 0 Å². The second kappa shape index (κ2) is 7.12. The van der Waals surface area contributed by atoms with Gasteiger partial charge in [0.15, 0.2) is 11.6 Å². The molecule has 0 aliphatic heterocycles. The summed E-state index contributed by atoms with van der Waals surface area (Å²) in [4.78, 5) is 17.5. The van der Waals surface area contributed by atoms with Gasteiger partial charge in [-0.2, -0.15) is 0 Å². The molecular weight excluding hydrogens is 302 g/mol. The van der Waals surface area contributed by atoms with Crippen molar-refractivity contribution in [3.63, 3.8) is 0 Å². The molecule has 1 amide bonds. The predicted molar refractivity (Wildman–Crippen MR) is 96.2 cm³/mol. The summed E-state index contributed by atoms with van der Waals surface area (Å²) in [6.07, 6.45) is 2.17. The number of aromatic amines is 1. The second-order valence-corrected chi connectivity index (χ2v) is 5.53. The number of rotatable bonds is 6. The smallest absolute Gasteiger partial charge is 0.230 e. The normalized spacial score (nSPS) is 10.8. The molecule has 0 bridgehead atoms. The summed E-state index contributed by atoms with van der Waals surface area (Å²) >= 11 is 0. The molecule has 0 radical (unpaired) electrons. The number of anilines is 2. The number of hydrogen-bond donors (Lipinski definition) is 2. The van der Waals surface area contributed by atoms with Crippen molar-refractivity contribution in [2.24, 2.45) is 0 Å². The average Bonchev–Trinajstić information content (AvgIpc) is 3.00. The second-order valence-electron chi connectivity index (χ2n) is 5.53. The molecule has 3 rings (SSSR count). The zero-order chi connectivity index (χ0) is 16.9. The lowest BCUT2D eigenvalue weighted by molar-refractivity contribution is -0.115. The van der Waals surface area contributed by atoms with E-state index in [1.165, 1.54) is 0 Å². The fourth-order valence-electron chi connectivity index (χ4n) is 2.75. The number of para-hydroxylation sites is 1. The first-order valence-electron chi connectivity index (χ1n) is 8.14. The minimum atomic E-state index is -0.107. The van der Waals surface area contributed by atoms with E-state index in [2.05, 4.69) is 39.2 Å². The minimum absolute atomic E-state index is 0.107. The number of nitrogens with one attached hydrogen (secondary N) is 2. The number of fused-ring (bicyclic) bond motifs is 1. The van der Waals surface area contributed by atoms with Crippen molar-refractivity contribution in [3.05, 3.63) is 48.2 Å². The molecule has 0 saturated carbocycles. The number of carbonyl (C=O) groups excluding carboxylic acids is 1. The monoisotopic (exact) mass is 323 g/mol. The highest BCUT2D eigenvalue weighted by Gasteiger charge is 2.10. The van der Waals surface area contributed by atoms with Crippen LogP contribution in [0.2, 0.25) is 0 Å². The van der Waals surface area contributed by atoms with Crippen molar-refractivity contribution >= 4 is 28.4 Å². The molecule has 24 heavy (non-hydrogen) atoms. The molecule has 0 unspecified atom stereocenters. The van der Waals surface area contributed by atoms with Crippen LogP contribution in [0.5, 0.6) is 0 Å². The molecule has 0 saturated heterocycles. The Balaban J connectivity index is 1.66. The van der Waals surface area contributed by atoms with E-state index >= 15 is 0 Å². The first kappa shape index (κ1) is 16.0. The van der Waals surface area contributed by atoms with Crippen LogP contribution in [0.15, 0.2) is 42.6 Å². The van der Waals surface area contributed by atoms with Crippen molar-refractivity contribution in [1.82, 2.24) is 15.2 Å². The molecule has 0 spiro atoms. The molecule has 2 aromatic heterocycles. The molecule has 6 nitrogen and oxygen atoms in total. The van der Waals surface area contributed by atoms with Crippen LogP contribution in [-0.4, -0.2) is 34.2 Å². The SMILES string of the molecule is CCN(CC)c1ccc(NC(=O)Cc2c[nH]c3ccccc23)nn1. The topological polar surface area (TPSA) is 73.9 Å². The molecule has 0 atom stereocenters. The molecule has 3 aromatic rings. The zero-order valence-electron chi connectivity index (χ0n) is 13.9. The Kier molecular flexibility index (Phi) is 4.74. The Bertz CT molecular complexity index is 821. The molecule has 2 heterocycles. The maximum Gasteiger partial charge on any atom is 0.230 e. The summed E-state index contributed by atoms with van der Waals surface area (Å²) in [5.41, 5.74) is 2.00. The molecule has 2 N–H and O–H groups in total. The largest absolute Gasteiger partial charge is 0.361 e. The Morgan fingerprint density at radius 1 is 1.12 bits per heavy atom. The summed E-state index contributed by atoms with van der Waals surface area (Å²) in [5.74, 6) is 1.18. The summed E-state index contributed by atoms with van der Waals surface area (Å²) in [6.45, 7) is 5.89. The van der Waals surface area contributed by atoms with E-state index in [0.717, 1.165) is 35.4 Å². The third-order valence-electron chi connectivity index (χ3n) is 4.03. The van der Waals surface area contributed by atoms with Crippen molar-refractivity contribution in [1.29, 1.82) is 0 Å². The summed E-state index contributed by atoms with van der Waals surface area (Å²) in [5, 5.41) is 12.1. The lowest BCUT2D eigenvalue weighted by atomic mass is 10.1. The van der Waals surface area contributed by atoms with Crippen LogP contribution in [0.25, 0.3) is 10.9 Å². The summed E-state index contributed by atoms with van der Waals surface area (Å²) in [6, 6.07) is 11.6. The van der Waals surface area contributed by atoms with E-state index in [1.54, 1.807) is 6.07 Å². The number of aromatic nitrogens is 3. The van der Waals surface area contributed by atoms with Crippen molar-refractivity contribution in [2.75, 3.05) is 23.3 Å². The third kappa shape index (κ3) is 3.37. The summed E-state index contributed by atoms with van der Waals surface area (Å²) < 4.78 is 0. The Morgan fingerprint density at radius 2 is 1.92 bits per heavy atom. The van der Waals surface area contributed by atoms with Crippen molar-refractivity contribution < 1.29 is 4.79 Å². The van der Waals surface area contributed by atoms with Gasteiger partial charge < -0.3 is 15.2 Å². The molecular formula is C18H21N5O. The van der Waals surface area contributed by atoms with Gasteiger partial charge in [0, 0.05) is 30.2 Å². The molecule has 0 aliphatic carbocycles. The van der Waals surface area contributed by atoms with Crippen LogP contribution in [0.4, 0.5) is 11.6 Å². The van der Waals surface area contributed by atoms with Gasteiger partial charge in [-0.3, -0.25) is 4.79 Å². The number of carbonyl (C=O) groups is 1. The predicted octanol–water partition coefficient (Wildman–Crippen LogP) is 2.99. The molecule has 0 aliphatic rings. The fourth-order valence-corrected chi connectivity index (χ4v) is 2.75. The Hall–Kier alpha value is -2.89. The first-order valence-corrected chi connectivity index (χ1v) is 8.14. The van der Waals surface area contributed by atoms with E-state index < -0.39 is 0 Å². The molecule has 0 fully saturated rings. The fraction of sp³-hybridized carbons (Fsp3) is 0.278. The summed E-state index contributed by atoms with van der Waals surface area (Å²) in [7, 11) is 0. The van der Waals surface area contributed by atoms with Crippen LogP contribution in [0.1, 0.15) is 19.4 Å². The maximum atomic E-state index is 12.3. The van der Waals surface area contributed by atoms with Crippen LogP contribution in [0.3, 0.4) is 0 Å². The van der Waals surface area contributed by atoms with E-state index in [0.29, 0.717) is 12.2 Å². The van der Waals surface area contributed by atoms with E-state index in [1.807, 2.05) is 36.5 Å². The Morgan fingerprint density at radius 3 is 2.62 bits per heavy atom. The quantitative estimate of drug-likeness (QED) is 0.731. The third-order valence-corrected chi connectivity index (χ3v) is 4.03. The van der Waals surface area contributed by atoms with Crippen molar-refractivity contribution in [2.45, 2.75) is 20.3 Å². The highest BCUT2D eigenvalue weighted by atomic mass is 16.1. The van der Waals surface area contributed by atoms with E-state index in [9.17, 15) is 4.79 Å². The van der Waals surface area contributed by atoms with Crippen molar-refractivity contribution in [3.8, 4) is 0 Å². The molecule has 6 heteroatoms. The van der Waals surface area contributed by atoms with Crippen LogP contribution < -0.4 is 10.2 Å². The standard InChI is InChI=1S/C18H21N5O/c1-3-23(4-2)17-10-9-16(21-22-17)20-18(24)11-13-12-19-15-8-6-5-7-14(13)15/h5-10,12,19H,3-4,11H2,1-2H3,(H,20,21,24). The van der Waals surface area contributed by atoms with Gasteiger partial charge in [0.25, 0.3) is 0 Å². The average molecular weight is 323 g/mol. The number of nitrogens with zero attached hydrogens (tertiary/aromatic N) is 3. The van der Waals surface area contributed by atoms with Crippen LogP contribution in [0, 0.1) is 0 Å². The van der Waals surface area contributed by atoms with Gasteiger partial charge >= 0.3 is 0 Å². The zero-order valence-corrected chi connectivity index (χ0v) is 13.9. The number of H-pyrrole nitrogens is 1. The highest BCUT2D eigenvalue weighted by molar-refractivity contribution is 5.95. The van der Waals surface area contributed by atoms with Gasteiger partial charge in [0.2, 0.25) is 5.91 Å². The van der Waals surface area contributed by atoms with E-state index in [-0.39, 0.29) is 5.91 Å². The molecule has 124 valence electrons. The first-order chi connectivity index (χ1) is 11.7. The lowest BCUT2D eigenvalue weighted by Crippen LogP contribution is -2.23. The number of hydrogen-bond acceptors (Lipinski definition) is 4. The minimum Gasteiger partial charge on any atom is -0.361 e. The van der Waals surface area contributed by atoms with Gasteiger partial charge in [0.1, 0.15) is 0 Å². The number of benzene rings is 1. The van der Waals surface area contributed by atoms with Crippen LogP contribution >= 0.6 is 0 Å². The van der Waals surface area contributed by atoms with Gasteiger partial charge in [-0.05, 0) is 37.6 Å².